The van der Waals surface area contributed by atoms with Crippen LogP contribution in [0.3, 0.4) is 0 Å². The summed E-state index contributed by atoms with van der Waals surface area (Å²) in [5, 5.41) is 8.85. The highest BCUT2D eigenvalue weighted by Crippen LogP contribution is 2.15. The SMILES string of the molecule is Cc1c[nH]c(CN2CCc3nnc(Cc4ccccc4)n3CC2)c(C)c1=O. The van der Waals surface area contributed by atoms with Crippen LogP contribution < -0.4 is 5.43 Å². The highest BCUT2D eigenvalue weighted by molar-refractivity contribution is 5.23. The standard InChI is InChI=1S/C21H25N5O/c1-15-13-22-18(16(2)21(15)27)14-25-9-8-19-23-24-20(26(19)11-10-25)12-17-6-4-3-5-7-17/h3-7,13H,8-12,14H2,1-2H3,(H,22,27). The summed E-state index contributed by atoms with van der Waals surface area (Å²) < 4.78 is 2.26. The second kappa shape index (κ2) is 7.48. The molecule has 4 rings (SSSR count). The van der Waals surface area contributed by atoms with E-state index in [-0.39, 0.29) is 5.43 Å². The maximum absolute atomic E-state index is 12.2. The van der Waals surface area contributed by atoms with Crippen molar-refractivity contribution in [2.24, 2.45) is 0 Å². The predicted octanol–water partition coefficient (Wildman–Crippen LogP) is 2.23. The molecular formula is C21H25N5O. The summed E-state index contributed by atoms with van der Waals surface area (Å²) in [5.74, 6) is 2.08. The number of rotatable bonds is 4. The zero-order chi connectivity index (χ0) is 18.8. The molecular weight excluding hydrogens is 338 g/mol. The number of aromatic nitrogens is 4. The molecule has 1 aliphatic heterocycles. The molecule has 3 heterocycles. The molecule has 2 aromatic heterocycles. The first-order valence-electron chi connectivity index (χ1n) is 9.47. The van der Waals surface area contributed by atoms with Crippen molar-refractivity contribution in [2.45, 2.75) is 39.8 Å². The van der Waals surface area contributed by atoms with Gasteiger partial charge in [0.05, 0.1) is 0 Å². The Bertz CT molecular complexity index is 990. The second-order valence-electron chi connectivity index (χ2n) is 7.28. The summed E-state index contributed by atoms with van der Waals surface area (Å²) in [4.78, 5) is 17.9. The number of nitrogens with one attached hydrogen (secondary N) is 1. The minimum absolute atomic E-state index is 0.140. The van der Waals surface area contributed by atoms with E-state index in [2.05, 4.69) is 48.9 Å². The summed E-state index contributed by atoms with van der Waals surface area (Å²) >= 11 is 0. The summed E-state index contributed by atoms with van der Waals surface area (Å²) in [6, 6.07) is 10.4. The molecule has 1 N–H and O–H groups in total. The Balaban J connectivity index is 1.48. The highest BCUT2D eigenvalue weighted by Gasteiger charge is 2.20. The lowest BCUT2D eigenvalue weighted by atomic mass is 10.1. The van der Waals surface area contributed by atoms with Gasteiger partial charge < -0.3 is 9.55 Å². The first kappa shape index (κ1) is 17.7. The van der Waals surface area contributed by atoms with E-state index in [1.54, 1.807) is 0 Å². The lowest BCUT2D eigenvalue weighted by molar-refractivity contribution is 0.266. The molecule has 0 unspecified atom stereocenters. The van der Waals surface area contributed by atoms with Gasteiger partial charge in [-0.1, -0.05) is 30.3 Å². The molecule has 0 saturated heterocycles. The number of pyridine rings is 1. The van der Waals surface area contributed by atoms with Gasteiger partial charge in [-0.2, -0.15) is 0 Å². The maximum Gasteiger partial charge on any atom is 0.187 e. The lowest BCUT2D eigenvalue weighted by Gasteiger charge is -2.20. The number of fused-ring (bicyclic) bond motifs is 1. The number of aryl methyl sites for hydroxylation is 1. The maximum atomic E-state index is 12.2. The molecule has 1 aliphatic rings. The van der Waals surface area contributed by atoms with Crippen LogP contribution in [-0.4, -0.2) is 37.7 Å². The first-order valence-corrected chi connectivity index (χ1v) is 9.47. The third-order valence-corrected chi connectivity index (χ3v) is 5.40. The van der Waals surface area contributed by atoms with Crippen LogP contribution in [0.2, 0.25) is 0 Å². The molecule has 0 aliphatic carbocycles. The average molecular weight is 363 g/mol. The number of benzene rings is 1. The zero-order valence-electron chi connectivity index (χ0n) is 15.9. The van der Waals surface area contributed by atoms with Crippen LogP contribution in [-0.2, 0) is 25.9 Å². The topological polar surface area (TPSA) is 66.8 Å². The highest BCUT2D eigenvalue weighted by atomic mass is 16.1. The second-order valence-corrected chi connectivity index (χ2v) is 7.28. The summed E-state index contributed by atoms with van der Waals surface area (Å²) in [5.41, 5.74) is 3.99. The predicted molar refractivity (Wildman–Crippen MR) is 105 cm³/mol. The van der Waals surface area contributed by atoms with Crippen LogP contribution in [0.5, 0.6) is 0 Å². The summed E-state index contributed by atoms with van der Waals surface area (Å²) in [6.45, 7) is 7.22. The van der Waals surface area contributed by atoms with Crippen molar-refractivity contribution in [1.82, 2.24) is 24.6 Å². The van der Waals surface area contributed by atoms with E-state index in [0.717, 1.165) is 67.5 Å². The first-order chi connectivity index (χ1) is 13.1. The van der Waals surface area contributed by atoms with Crippen molar-refractivity contribution < 1.29 is 0 Å². The third kappa shape index (κ3) is 3.71. The fourth-order valence-electron chi connectivity index (χ4n) is 3.68. The molecule has 3 aromatic rings. The number of aromatic amines is 1. The van der Waals surface area contributed by atoms with E-state index in [0.29, 0.717) is 0 Å². The van der Waals surface area contributed by atoms with Crippen molar-refractivity contribution in [1.29, 1.82) is 0 Å². The molecule has 0 spiro atoms. The average Bonchev–Trinajstić information content (AvgIpc) is 2.94. The van der Waals surface area contributed by atoms with Crippen LogP contribution in [0.25, 0.3) is 0 Å². The van der Waals surface area contributed by atoms with Crippen molar-refractivity contribution in [2.75, 3.05) is 13.1 Å². The van der Waals surface area contributed by atoms with E-state index in [9.17, 15) is 4.79 Å². The molecule has 1 aromatic carbocycles. The van der Waals surface area contributed by atoms with E-state index in [1.807, 2.05) is 26.1 Å². The van der Waals surface area contributed by atoms with Crippen LogP contribution in [0.15, 0.2) is 41.3 Å². The van der Waals surface area contributed by atoms with Crippen LogP contribution in [0, 0.1) is 13.8 Å². The zero-order valence-corrected chi connectivity index (χ0v) is 15.9. The third-order valence-electron chi connectivity index (χ3n) is 5.40. The largest absolute Gasteiger partial charge is 0.363 e. The quantitative estimate of drug-likeness (QED) is 0.772. The Hall–Kier alpha value is -2.73. The molecule has 0 bridgehead atoms. The molecule has 6 nitrogen and oxygen atoms in total. The lowest BCUT2D eigenvalue weighted by Crippen LogP contribution is -2.29. The van der Waals surface area contributed by atoms with Gasteiger partial charge in [0.1, 0.15) is 11.6 Å². The van der Waals surface area contributed by atoms with Crippen molar-refractivity contribution in [3.63, 3.8) is 0 Å². The Labute approximate surface area is 158 Å². The van der Waals surface area contributed by atoms with Crippen LogP contribution in [0.1, 0.15) is 34.0 Å². The van der Waals surface area contributed by atoms with Gasteiger partial charge in [-0.05, 0) is 19.4 Å². The van der Waals surface area contributed by atoms with Crippen LogP contribution in [0.4, 0.5) is 0 Å². The molecule has 0 atom stereocenters. The molecule has 0 radical (unpaired) electrons. The fourth-order valence-corrected chi connectivity index (χ4v) is 3.68. The number of nitrogens with zero attached hydrogens (tertiary/aromatic N) is 4. The van der Waals surface area contributed by atoms with Gasteiger partial charge in [0.15, 0.2) is 5.43 Å². The van der Waals surface area contributed by atoms with E-state index < -0.39 is 0 Å². The molecule has 140 valence electrons. The summed E-state index contributed by atoms with van der Waals surface area (Å²) in [7, 11) is 0. The molecule has 0 amide bonds. The minimum atomic E-state index is 0.140. The van der Waals surface area contributed by atoms with E-state index in [4.69, 9.17) is 0 Å². The van der Waals surface area contributed by atoms with Gasteiger partial charge in [0.2, 0.25) is 0 Å². The Kier molecular flexibility index (Phi) is 4.90. The van der Waals surface area contributed by atoms with Crippen molar-refractivity contribution in [3.8, 4) is 0 Å². The minimum Gasteiger partial charge on any atom is -0.363 e. The molecule has 0 fully saturated rings. The van der Waals surface area contributed by atoms with E-state index >= 15 is 0 Å². The van der Waals surface area contributed by atoms with Gasteiger partial charge in [-0.3, -0.25) is 9.69 Å². The Morgan fingerprint density at radius 1 is 1.07 bits per heavy atom. The van der Waals surface area contributed by atoms with Gasteiger partial charge in [-0.25, -0.2) is 0 Å². The molecule has 6 heteroatoms. The Morgan fingerprint density at radius 2 is 1.89 bits per heavy atom. The fraction of sp³-hybridized carbons (Fsp3) is 0.381. The smallest absolute Gasteiger partial charge is 0.187 e. The van der Waals surface area contributed by atoms with Crippen LogP contribution >= 0.6 is 0 Å². The normalized spacial score (nSPS) is 14.7. The van der Waals surface area contributed by atoms with Gasteiger partial charge in [-0.15, -0.1) is 10.2 Å². The number of H-pyrrole nitrogens is 1. The van der Waals surface area contributed by atoms with E-state index in [1.165, 1.54) is 5.56 Å². The molecule has 0 saturated carbocycles. The van der Waals surface area contributed by atoms with Crippen molar-refractivity contribution in [3.05, 3.63) is 80.8 Å². The number of hydrogen-bond acceptors (Lipinski definition) is 4. The van der Waals surface area contributed by atoms with Crippen molar-refractivity contribution >= 4 is 0 Å². The Morgan fingerprint density at radius 3 is 2.70 bits per heavy atom. The molecule has 27 heavy (non-hydrogen) atoms. The number of hydrogen-bond donors (Lipinski definition) is 1. The summed E-state index contributed by atoms with van der Waals surface area (Å²) in [6.07, 6.45) is 3.49. The van der Waals surface area contributed by atoms with Gasteiger partial charge in [0, 0.05) is 62.0 Å². The monoisotopic (exact) mass is 363 g/mol. The van der Waals surface area contributed by atoms with Gasteiger partial charge in [0.25, 0.3) is 0 Å². The van der Waals surface area contributed by atoms with Gasteiger partial charge >= 0.3 is 0 Å².